The average molecular weight is 271 g/mol. The van der Waals surface area contributed by atoms with Crippen LogP contribution in [0.15, 0.2) is 6.33 Å². The van der Waals surface area contributed by atoms with Gasteiger partial charge in [0.1, 0.15) is 6.33 Å². The highest BCUT2D eigenvalue weighted by molar-refractivity contribution is 6.31. The highest BCUT2D eigenvalue weighted by Gasteiger charge is 2.24. The van der Waals surface area contributed by atoms with Crippen LogP contribution >= 0.6 is 11.6 Å². The van der Waals surface area contributed by atoms with Crippen LogP contribution in [-0.2, 0) is 4.79 Å². The zero-order valence-corrected chi connectivity index (χ0v) is 11.1. The van der Waals surface area contributed by atoms with E-state index in [0.29, 0.717) is 17.6 Å². The molecule has 2 rings (SSSR count). The summed E-state index contributed by atoms with van der Waals surface area (Å²) in [7, 11) is 3.25. The van der Waals surface area contributed by atoms with Crippen molar-refractivity contribution in [3.8, 4) is 5.75 Å². The number of rotatable bonds is 5. The van der Waals surface area contributed by atoms with E-state index in [1.54, 1.807) is 11.9 Å². The first-order valence-corrected chi connectivity index (χ1v) is 6.04. The second-order valence-electron chi connectivity index (χ2n) is 4.22. The molecule has 1 heterocycles. The quantitative estimate of drug-likeness (QED) is 0.804. The summed E-state index contributed by atoms with van der Waals surface area (Å²) in [5, 5.41) is 3.14. The van der Waals surface area contributed by atoms with Crippen molar-refractivity contribution in [2.24, 2.45) is 0 Å². The van der Waals surface area contributed by atoms with Crippen molar-refractivity contribution in [1.29, 1.82) is 0 Å². The molecule has 0 bridgehead atoms. The number of carbonyl (C=O) groups excluding carboxylic acids is 1. The van der Waals surface area contributed by atoms with Gasteiger partial charge in [-0.2, -0.15) is 0 Å². The highest BCUT2D eigenvalue weighted by Crippen LogP contribution is 2.30. The Labute approximate surface area is 110 Å². The Morgan fingerprint density at radius 1 is 1.61 bits per heavy atom. The van der Waals surface area contributed by atoms with Crippen LogP contribution in [0, 0.1) is 0 Å². The lowest BCUT2D eigenvalue weighted by atomic mass is 10.4. The van der Waals surface area contributed by atoms with E-state index < -0.39 is 0 Å². The molecule has 1 aromatic heterocycles. The maximum Gasteiger partial charge on any atom is 0.239 e. The zero-order chi connectivity index (χ0) is 13.1. The van der Waals surface area contributed by atoms with E-state index in [2.05, 4.69) is 15.3 Å². The number of likely N-dealkylation sites (N-methyl/N-ethyl adjacent to an activating group) is 1. The SMILES string of the molecule is COc1c(Cl)ncnc1N(C)CC(=O)NC1CC1. The number of amides is 1. The van der Waals surface area contributed by atoms with Crippen molar-refractivity contribution >= 4 is 23.3 Å². The third-order valence-corrected chi connectivity index (χ3v) is 2.90. The van der Waals surface area contributed by atoms with E-state index in [9.17, 15) is 4.79 Å². The topological polar surface area (TPSA) is 67.4 Å². The molecule has 0 spiro atoms. The molecule has 0 unspecified atom stereocenters. The average Bonchev–Trinajstić information content (AvgIpc) is 3.12. The van der Waals surface area contributed by atoms with E-state index in [-0.39, 0.29) is 17.6 Å². The first kappa shape index (κ1) is 12.9. The Morgan fingerprint density at radius 3 is 2.94 bits per heavy atom. The third-order valence-electron chi connectivity index (χ3n) is 2.63. The number of anilines is 1. The normalized spacial score (nSPS) is 14.2. The molecule has 1 aromatic rings. The molecule has 1 fully saturated rings. The van der Waals surface area contributed by atoms with Gasteiger partial charge in [0.15, 0.2) is 16.7 Å². The van der Waals surface area contributed by atoms with Crippen LogP contribution < -0.4 is 15.0 Å². The van der Waals surface area contributed by atoms with Gasteiger partial charge < -0.3 is 15.0 Å². The van der Waals surface area contributed by atoms with E-state index in [1.807, 2.05) is 0 Å². The second kappa shape index (κ2) is 5.39. The summed E-state index contributed by atoms with van der Waals surface area (Å²) >= 11 is 5.90. The number of ether oxygens (including phenoxy) is 1. The van der Waals surface area contributed by atoms with Crippen LogP contribution in [0.4, 0.5) is 5.82 Å². The van der Waals surface area contributed by atoms with Crippen LogP contribution in [-0.4, -0.2) is 42.6 Å². The van der Waals surface area contributed by atoms with Crippen molar-refractivity contribution in [2.75, 3.05) is 25.6 Å². The Hall–Kier alpha value is -1.56. The molecule has 1 aliphatic carbocycles. The van der Waals surface area contributed by atoms with Crippen molar-refractivity contribution in [1.82, 2.24) is 15.3 Å². The van der Waals surface area contributed by atoms with E-state index in [4.69, 9.17) is 16.3 Å². The number of nitrogens with zero attached hydrogens (tertiary/aromatic N) is 3. The van der Waals surface area contributed by atoms with Gasteiger partial charge in [0, 0.05) is 13.1 Å². The third kappa shape index (κ3) is 3.01. The van der Waals surface area contributed by atoms with Crippen LogP contribution in [0.5, 0.6) is 5.75 Å². The maximum atomic E-state index is 11.7. The summed E-state index contributed by atoms with van der Waals surface area (Å²) in [6.45, 7) is 0.209. The molecule has 0 radical (unpaired) electrons. The van der Waals surface area contributed by atoms with Gasteiger partial charge in [-0.3, -0.25) is 4.79 Å². The highest BCUT2D eigenvalue weighted by atomic mass is 35.5. The van der Waals surface area contributed by atoms with Gasteiger partial charge in [0.25, 0.3) is 0 Å². The molecular formula is C11H15ClN4O2. The molecule has 0 atom stereocenters. The molecule has 1 N–H and O–H groups in total. The van der Waals surface area contributed by atoms with Gasteiger partial charge in [-0.1, -0.05) is 11.6 Å². The first-order valence-electron chi connectivity index (χ1n) is 5.66. The van der Waals surface area contributed by atoms with Gasteiger partial charge in [-0.05, 0) is 12.8 Å². The smallest absolute Gasteiger partial charge is 0.239 e. The van der Waals surface area contributed by atoms with Crippen molar-refractivity contribution in [3.63, 3.8) is 0 Å². The molecule has 98 valence electrons. The molecule has 0 aromatic carbocycles. The standard InChI is InChI=1S/C11H15ClN4O2/c1-16(5-8(17)15-7-3-4-7)11-9(18-2)10(12)13-6-14-11/h6-7H,3-5H2,1-2H3,(H,15,17). The number of aromatic nitrogens is 2. The van der Waals surface area contributed by atoms with E-state index in [0.717, 1.165) is 12.8 Å². The number of hydrogen-bond donors (Lipinski definition) is 1. The molecule has 6 nitrogen and oxygen atoms in total. The monoisotopic (exact) mass is 270 g/mol. The van der Waals surface area contributed by atoms with Crippen LogP contribution in [0.2, 0.25) is 5.15 Å². The minimum absolute atomic E-state index is 0.0308. The predicted octanol–water partition coefficient (Wildman–Crippen LogP) is 0.853. The first-order chi connectivity index (χ1) is 8.61. The molecule has 18 heavy (non-hydrogen) atoms. The predicted molar refractivity (Wildman–Crippen MR) is 68.0 cm³/mol. The minimum Gasteiger partial charge on any atom is -0.490 e. The van der Waals surface area contributed by atoms with Crippen molar-refractivity contribution in [2.45, 2.75) is 18.9 Å². The summed E-state index contributed by atoms with van der Waals surface area (Å²) in [6.07, 6.45) is 3.48. The van der Waals surface area contributed by atoms with Crippen molar-refractivity contribution in [3.05, 3.63) is 11.5 Å². The number of carbonyl (C=O) groups is 1. The van der Waals surface area contributed by atoms with Gasteiger partial charge in [-0.25, -0.2) is 9.97 Å². The number of methoxy groups -OCH3 is 1. The Bertz CT molecular complexity index is 451. The lowest BCUT2D eigenvalue weighted by Crippen LogP contribution is -2.36. The van der Waals surface area contributed by atoms with Gasteiger partial charge in [0.05, 0.1) is 13.7 Å². The Kier molecular flexibility index (Phi) is 3.86. The Balaban J connectivity index is 2.05. The lowest BCUT2D eigenvalue weighted by Gasteiger charge is -2.19. The fraction of sp³-hybridized carbons (Fsp3) is 0.545. The number of halogens is 1. The lowest BCUT2D eigenvalue weighted by molar-refractivity contribution is -0.119. The summed E-state index contributed by atoms with van der Waals surface area (Å²) in [5.74, 6) is 0.848. The van der Waals surface area contributed by atoms with Gasteiger partial charge in [0.2, 0.25) is 5.91 Å². The summed E-state index contributed by atoms with van der Waals surface area (Å²) in [6, 6.07) is 0.349. The molecule has 7 heteroatoms. The number of hydrogen-bond acceptors (Lipinski definition) is 5. The second-order valence-corrected chi connectivity index (χ2v) is 4.58. The molecule has 1 amide bonds. The largest absolute Gasteiger partial charge is 0.490 e. The van der Waals surface area contributed by atoms with Crippen LogP contribution in [0.3, 0.4) is 0 Å². The van der Waals surface area contributed by atoms with Crippen LogP contribution in [0.1, 0.15) is 12.8 Å². The van der Waals surface area contributed by atoms with Gasteiger partial charge >= 0.3 is 0 Å². The van der Waals surface area contributed by atoms with Crippen LogP contribution in [0.25, 0.3) is 0 Å². The van der Waals surface area contributed by atoms with E-state index in [1.165, 1.54) is 13.4 Å². The van der Waals surface area contributed by atoms with Crippen molar-refractivity contribution < 1.29 is 9.53 Å². The Morgan fingerprint density at radius 2 is 2.33 bits per heavy atom. The maximum absolute atomic E-state index is 11.7. The van der Waals surface area contributed by atoms with Gasteiger partial charge in [-0.15, -0.1) is 0 Å². The zero-order valence-electron chi connectivity index (χ0n) is 10.3. The molecule has 0 saturated heterocycles. The summed E-state index contributed by atoms with van der Waals surface area (Å²) in [4.78, 5) is 21.3. The summed E-state index contributed by atoms with van der Waals surface area (Å²) in [5.41, 5.74) is 0. The fourth-order valence-electron chi connectivity index (χ4n) is 1.58. The molecule has 0 aliphatic heterocycles. The molecular weight excluding hydrogens is 256 g/mol. The van der Waals surface area contributed by atoms with E-state index >= 15 is 0 Å². The number of nitrogens with one attached hydrogen (secondary N) is 1. The summed E-state index contributed by atoms with van der Waals surface area (Å²) < 4.78 is 5.14. The fourth-order valence-corrected chi connectivity index (χ4v) is 1.79. The minimum atomic E-state index is -0.0308. The molecule has 1 saturated carbocycles. The molecule has 1 aliphatic rings.